The molecule has 39 heavy (non-hydrogen) atoms. The molecule has 1 aliphatic rings. The lowest BCUT2D eigenvalue weighted by Crippen LogP contribution is -2.31. The predicted octanol–water partition coefficient (Wildman–Crippen LogP) is 6.36. The van der Waals surface area contributed by atoms with Gasteiger partial charge in [-0.2, -0.15) is 5.26 Å². The third-order valence-corrected chi connectivity index (χ3v) is 7.61. The van der Waals surface area contributed by atoms with Crippen molar-refractivity contribution < 1.29 is 14.3 Å². The number of halogens is 1. The second-order valence-corrected chi connectivity index (χ2v) is 10.2. The highest BCUT2D eigenvalue weighted by atomic mass is 35.5. The summed E-state index contributed by atoms with van der Waals surface area (Å²) in [5.41, 5.74) is 4.17. The standard InChI is InChI=1S/C30H27ClN4O3S/c1-18-13-14-21(15-23(18)31)34-26(36)17-39-30-22(16-32)28(20-9-5-4-6-10-20)27(19(2)33-30)29(37)35-24-11-7-8-12-25(24)38-3/h4-15,28,33H,17H2,1-3H3,(H,34,36)(H,35,37)/t28-/m1/s1. The number of nitrogens with one attached hydrogen (secondary N) is 3. The van der Waals surface area contributed by atoms with Gasteiger partial charge in [0.1, 0.15) is 5.75 Å². The zero-order valence-electron chi connectivity index (χ0n) is 21.7. The third-order valence-electron chi connectivity index (χ3n) is 6.18. The number of hydrogen-bond donors (Lipinski definition) is 3. The zero-order valence-corrected chi connectivity index (χ0v) is 23.2. The molecule has 0 spiro atoms. The quantitative estimate of drug-likeness (QED) is 0.297. The number of thioether (sulfide) groups is 1. The minimum absolute atomic E-state index is 0.0521. The number of benzene rings is 3. The molecular weight excluding hydrogens is 532 g/mol. The van der Waals surface area contributed by atoms with Crippen molar-refractivity contribution in [3.05, 3.63) is 111 Å². The molecule has 198 valence electrons. The summed E-state index contributed by atoms with van der Waals surface area (Å²) in [6, 6.07) is 24.1. The Labute approximate surface area is 236 Å². The average molecular weight is 559 g/mol. The molecule has 0 bridgehead atoms. The van der Waals surface area contributed by atoms with Crippen molar-refractivity contribution in [1.29, 1.82) is 5.26 Å². The molecule has 0 saturated carbocycles. The highest BCUT2D eigenvalue weighted by molar-refractivity contribution is 8.03. The molecule has 0 saturated heterocycles. The molecule has 7 nitrogen and oxygen atoms in total. The fraction of sp³-hybridized carbons (Fsp3) is 0.167. The Morgan fingerprint density at radius 2 is 1.77 bits per heavy atom. The maximum absolute atomic E-state index is 13.6. The van der Waals surface area contributed by atoms with E-state index in [1.807, 2.05) is 49.4 Å². The van der Waals surface area contributed by atoms with Crippen LogP contribution in [0.2, 0.25) is 5.02 Å². The van der Waals surface area contributed by atoms with Crippen LogP contribution in [0.3, 0.4) is 0 Å². The van der Waals surface area contributed by atoms with E-state index in [1.54, 1.807) is 37.3 Å². The van der Waals surface area contributed by atoms with E-state index in [4.69, 9.17) is 16.3 Å². The smallest absolute Gasteiger partial charge is 0.254 e. The maximum atomic E-state index is 13.6. The number of allylic oxidation sites excluding steroid dienone is 2. The van der Waals surface area contributed by atoms with Gasteiger partial charge in [-0.1, -0.05) is 71.9 Å². The summed E-state index contributed by atoms with van der Waals surface area (Å²) in [6.07, 6.45) is 0. The summed E-state index contributed by atoms with van der Waals surface area (Å²) >= 11 is 7.38. The van der Waals surface area contributed by atoms with Gasteiger partial charge in [0.25, 0.3) is 5.91 Å². The summed E-state index contributed by atoms with van der Waals surface area (Å²) in [5, 5.41) is 20.3. The predicted molar refractivity (Wildman–Crippen MR) is 157 cm³/mol. The Bertz CT molecular complexity index is 1510. The zero-order chi connectivity index (χ0) is 27.9. The van der Waals surface area contributed by atoms with Crippen molar-refractivity contribution in [3.8, 4) is 11.8 Å². The highest BCUT2D eigenvalue weighted by Crippen LogP contribution is 2.41. The number of anilines is 2. The number of carbonyl (C=O) groups is 2. The van der Waals surface area contributed by atoms with Gasteiger partial charge in [-0.15, -0.1) is 0 Å². The topological polar surface area (TPSA) is 103 Å². The Balaban J connectivity index is 1.61. The van der Waals surface area contributed by atoms with E-state index in [0.717, 1.165) is 11.1 Å². The van der Waals surface area contributed by atoms with E-state index in [0.29, 0.717) is 44.0 Å². The number of hydrogen-bond acceptors (Lipinski definition) is 6. The van der Waals surface area contributed by atoms with Crippen LogP contribution < -0.4 is 20.7 Å². The van der Waals surface area contributed by atoms with Gasteiger partial charge >= 0.3 is 0 Å². The van der Waals surface area contributed by atoms with Gasteiger partial charge < -0.3 is 20.7 Å². The van der Waals surface area contributed by atoms with E-state index in [2.05, 4.69) is 22.0 Å². The van der Waals surface area contributed by atoms with Crippen LogP contribution in [0.4, 0.5) is 11.4 Å². The Hall–Kier alpha value is -4.19. The number of ether oxygens (including phenoxy) is 1. The lowest BCUT2D eigenvalue weighted by atomic mass is 9.82. The lowest BCUT2D eigenvalue weighted by Gasteiger charge is -2.30. The van der Waals surface area contributed by atoms with E-state index in [9.17, 15) is 14.9 Å². The number of carbonyl (C=O) groups excluding carboxylic acids is 2. The van der Waals surface area contributed by atoms with Crippen molar-refractivity contribution in [2.24, 2.45) is 0 Å². The first-order chi connectivity index (χ1) is 18.8. The molecule has 1 heterocycles. The minimum atomic E-state index is -0.631. The first-order valence-electron chi connectivity index (χ1n) is 12.1. The Morgan fingerprint density at radius 1 is 1.05 bits per heavy atom. The van der Waals surface area contributed by atoms with Crippen LogP contribution in [0.1, 0.15) is 24.0 Å². The Kier molecular flexibility index (Phi) is 8.97. The number of para-hydroxylation sites is 2. The summed E-state index contributed by atoms with van der Waals surface area (Å²) in [6.45, 7) is 3.68. The van der Waals surface area contributed by atoms with Gasteiger partial charge in [-0.3, -0.25) is 9.59 Å². The first-order valence-corrected chi connectivity index (χ1v) is 13.5. The monoisotopic (exact) mass is 558 g/mol. The van der Waals surface area contributed by atoms with Gasteiger partial charge in [0, 0.05) is 22.0 Å². The van der Waals surface area contributed by atoms with Crippen LogP contribution in [0, 0.1) is 18.3 Å². The van der Waals surface area contributed by atoms with Gasteiger partial charge in [-0.25, -0.2) is 0 Å². The van der Waals surface area contributed by atoms with Crippen molar-refractivity contribution in [3.63, 3.8) is 0 Å². The lowest BCUT2D eigenvalue weighted by molar-refractivity contribution is -0.114. The molecule has 0 fully saturated rings. The third kappa shape index (κ3) is 6.45. The first kappa shape index (κ1) is 27.8. The van der Waals surface area contributed by atoms with Crippen LogP contribution in [0.15, 0.2) is 94.7 Å². The largest absolute Gasteiger partial charge is 0.495 e. The number of amides is 2. The molecule has 1 atom stereocenters. The molecule has 3 aromatic carbocycles. The molecule has 0 radical (unpaired) electrons. The van der Waals surface area contributed by atoms with E-state index in [1.165, 1.54) is 18.9 Å². The average Bonchev–Trinajstić information content (AvgIpc) is 2.94. The summed E-state index contributed by atoms with van der Waals surface area (Å²) in [4.78, 5) is 26.4. The molecule has 0 aromatic heterocycles. The second-order valence-electron chi connectivity index (χ2n) is 8.82. The number of nitriles is 1. The van der Waals surface area contributed by atoms with Crippen molar-refractivity contribution in [1.82, 2.24) is 5.32 Å². The maximum Gasteiger partial charge on any atom is 0.254 e. The van der Waals surface area contributed by atoms with Gasteiger partial charge in [0.05, 0.1) is 41.1 Å². The van der Waals surface area contributed by atoms with Crippen molar-refractivity contribution in [2.75, 3.05) is 23.5 Å². The number of methoxy groups -OCH3 is 1. The number of aryl methyl sites for hydroxylation is 1. The molecule has 1 aliphatic heterocycles. The highest BCUT2D eigenvalue weighted by Gasteiger charge is 2.35. The number of dihydropyridines is 1. The van der Waals surface area contributed by atoms with Crippen molar-refractivity contribution >= 4 is 46.6 Å². The van der Waals surface area contributed by atoms with E-state index >= 15 is 0 Å². The van der Waals surface area contributed by atoms with Gasteiger partial charge in [0.15, 0.2) is 0 Å². The molecule has 3 N–H and O–H groups in total. The number of rotatable bonds is 8. The normalized spacial score (nSPS) is 14.8. The Morgan fingerprint density at radius 3 is 2.46 bits per heavy atom. The second kappa shape index (κ2) is 12.6. The van der Waals surface area contributed by atoms with Crippen LogP contribution in [0.25, 0.3) is 0 Å². The molecular formula is C30H27ClN4O3S. The molecule has 0 aliphatic carbocycles. The van der Waals surface area contributed by atoms with Crippen LogP contribution in [-0.2, 0) is 9.59 Å². The van der Waals surface area contributed by atoms with E-state index < -0.39 is 5.92 Å². The molecule has 0 unspecified atom stereocenters. The summed E-state index contributed by atoms with van der Waals surface area (Å²) in [5.74, 6) is -0.657. The number of nitrogens with zero attached hydrogens (tertiary/aromatic N) is 1. The fourth-order valence-electron chi connectivity index (χ4n) is 4.25. The van der Waals surface area contributed by atoms with Gasteiger partial charge in [0.2, 0.25) is 5.91 Å². The molecule has 3 aromatic rings. The van der Waals surface area contributed by atoms with E-state index in [-0.39, 0.29) is 17.6 Å². The van der Waals surface area contributed by atoms with Crippen LogP contribution in [-0.4, -0.2) is 24.7 Å². The summed E-state index contributed by atoms with van der Waals surface area (Å²) < 4.78 is 5.38. The molecule has 4 rings (SSSR count). The summed E-state index contributed by atoms with van der Waals surface area (Å²) in [7, 11) is 1.54. The van der Waals surface area contributed by atoms with Gasteiger partial charge in [-0.05, 0) is 49.2 Å². The SMILES string of the molecule is COc1ccccc1NC(=O)C1=C(C)NC(SCC(=O)Nc2ccc(C)c(Cl)c2)=C(C#N)[C@H]1c1ccccc1. The van der Waals surface area contributed by atoms with Crippen LogP contribution in [0.5, 0.6) is 5.75 Å². The van der Waals surface area contributed by atoms with Crippen LogP contribution >= 0.6 is 23.4 Å². The fourth-order valence-corrected chi connectivity index (χ4v) is 5.32. The minimum Gasteiger partial charge on any atom is -0.495 e. The molecule has 2 amide bonds. The van der Waals surface area contributed by atoms with Crippen molar-refractivity contribution in [2.45, 2.75) is 19.8 Å². The molecule has 9 heteroatoms.